The Hall–Kier alpha value is -2.09. The van der Waals surface area contributed by atoms with E-state index in [0.29, 0.717) is 42.0 Å². The van der Waals surface area contributed by atoms with Crippen molar-refractivity contribution in [3.63, 3.8) is 0 Å². The van der Waals surface area contributed by atoms with E-state index in [2.05, 4.69) is 27.9 Å². The third kappa shape index (κ3) is 8.04. The maximum absolute atomic E-state index is 12.1. The zero-order valence-corrected chi connectivity index (χ0v) is 18.4. The Morgan fingerprint density at radius 2 is 1.90 bits per heavy atom. The van der Waals surface area contributed by atoms with Crippen LogP contribution in [0.15, 0.2) is 41.4 Å². The fraction of sp³-hybridized carbons (Fsp3) is 0.429. The number of nitrogens with one attached hydrogen (secondary N) is 3. The lowest BCUT2D eigenvalue weighted by atomic mass is 10.1. The van der Waals surface area contributed by atoms with Gasteiger partial charge in [-0.25, -0.2) is 4.99 Å². The van der Waals surface area contributed by atoms with E-state index in [1.807, 2.05) is 37.3 Å². The average Bonchev–Trinajstić information content (AvgIpc) is 3.16. The number of aliphatic hydroxyl groups is 1. The maximum Gasteiger partial charge on any atom is 0.251 e. The summed E-state index contributed by atoms with van der Waals surface area (Å²) < 4.78 is 0.655. The number of hydrogen-bond donors (Lipinski definition) is 4. The van der Waals surface area contributed by atoms with Gasteiger partial charge in [0.1, 0.15) is 6.10 Å². The molecule has 1 aromatic carbocycles. The van der Waals surface area contributed by atoms with Gasteiger partial charge in [0.05, 0.1) is 10.9 Å². The lowest BCUT2D eigenvalue weighted by Gasteiger charge is -2.14. The van der Waals surface area contributed by atoms with Crippen molar-refractivity contribution in [2.24, 2.45) is 4.99 Å². The van der Waals surface area contributed by atoms with Crippen LogP contribution in [0.3, 0.4) is 0 Å². The smallest absolute Gasteiger partial charge is 0.251 e. The number of nitrogens with zero attached hydrogens (tertiary/aromatic N) is 1. The summed E-state index contributed by atoms with van der Waals surface area (Å²) in [5.41, 5.74) is 1.65. The second-order valence-corrected chi connectivity index (χ2v) is 8.29. The lowest BCUT2D eigenvalue weighted by molar-refractivity contribution is 0.0953. The van der Waals surface area contributed by atoms with Crippen molar-refractivity contribution in [2.45, 2.75) is 39.3 Å². The van der Waals surface area contributed by atoms with Gasteiger partial charge in [-0.1, -0.05) is 37.1 Å². The van der Waals surface area contributed by atoms with Crippen LogP contribution in [-0.2, 0) is 6.54 Å². The minimum absolute atomic E-state index is 0.0498. The number of carbonyl (C=O) groups excluding carboxylic acids is 1. The van der Waals surface area contributed by atoms with Crippen molar-refractivity contribution >= 4 is 34.8 Å². The van der Waals surface area contributed by atoms with E-state index < -0.39 is 6.10 Å². The fourth-order valence-corrected chi connectivity index (χ4v) is 3.60. The SMILES string of the molecule is CCCCNC(=O)c1ccc(CN=C(NCC)NCC(O)c2ccc(Cl)s2)cc1. The Kier molecular flexibility index (Phi) is 9.97. The Morgan fingerprint density at radius 1 is 1.14 bits per heavy atom. The summed E-state index contributed by atoms with van der Waals surface area (Å²) in [5.74, 6) is 0.571. The number of thiophene rings is 1. The number of guanidine groups is 1. The number of aliphatic hydroxyl groups excluding tert-OH is 1. The number of amides is 1. The summed E-state index contributed by atoms with van der Waals surface area (Å²) >= 11 is 7.29. The summed E-state index contributed by atoms with van der Waals surface area (Å²) in [6, 6.07) is 11.0. The number of unbranched alkanes of at least 4 members (excludes halogenated alkanes) is 1. The fourth-order valence-electron chi connectivity index (χ4n) is 2.56. The molecule has 158 valence electrons. The van der Waals surface area contributed by atoms with Gasteiger partial charge in [-0.05, 0) is 43.2 Å². The molecule has 2 aromatic rings. The van der Waals surface area contributed by atoms with Crippen molar-refractivity contribution in [3.8, 4) is 0 Å². The normalized spacial score (nSPS) is 12.5. The van der Waals surface area contributed by atoms with Gasteiger partial charge in [0.15, 0.2) is 5.96 Å². The van der Waals surface area contributed by atoms with Gasteiger partial charge >= 0.3 is 0 Å². The Bertz CT molecular complexity index is 792. The number of hydrogen-bond acceptors (Lipinski definition) is 4. The van der Waals surface area contributed by atoms with Crippen LogP contribution in [0.5, 0.6) is 0 Å². The summed E-state index contributed by atoms with van der Waals surface area (Å²) in [6.07, 6.45) is 1.38. The molecule has 0 radical (unpaired) electrons. The highest BCUT2D eigenvalue weighted by molar-refractivity contribution is 7.16. The molecule has 4 N–H and O–H groups in total. The molecule has 1 aromatic heterocycles. The number of aliphatic imine (C=N–C) groups is 1. The zero-order chi connectivity index (χ0) is 21.1. The Morgan fingerprint density at radius 3 is 2.52 bits per heavy atom. The molecule has 6 nitrogen and oxygen atoms in total. The van der Waals surface area contributed by atoms with Crippen molar-refractivity contribution in [1.82, 2.24) is 16.0 Å². The summed E-state index contributed by atoms with van der Waals surface area (Å²) in [7, 11) is 0. The molecule has 1 atom stereocenters. The molecule has 1 amide bonds. The van der Waals surface area contributed by atoms with Gasteiger partial charge in [-0.3, -0.25) is 4.79 Å². The first-order chi connectivity index (χ1) is 14.0. The third-order valence-corrected chi connectivity index (χ3v) is 5.51. The molecule has 1 unspecified atom stereocenters. The standard InChI is InChI=1S/C21H29ClN4O2S/c1-3-5-12-24-20(28)16-8-6-15(7-9-16)13-25-21(23-4-2)26-14-17(27)18-10-11-19(22)29-18/h6-11,17,27H,3-5,12-14H2,1-2H3,(H,24,28)(H2,23,25,26). The first-order valence-electron chi connectivity index (χ1n) is 9.86. The van der Waals surface area contributed by atoms with E-state index in [4.69, 9.17) is 11.6 Å². The van der Waals surface area contributed by atoms with E-state index in [1.165, 1.54) is 11.3 Å². The van der Waals surface area contributed by atoms with Gasteiger partial charge in [0.25, 0.3) is 5.91 Å². The molecule has 0 aliphatic heterocycles. The lowest BCUT2D eigenvalue weighted by Crippen LogP contribution is -2.39. The van der Waals surface area contributed by atoms with Gasteiger partial charge in [0, 0.05) is 30.1 Å². The first kappa shape index (κ1) is 23.2. The van der Waals surface area contributed by atoms with E-state index in [1.54, 1.807) is 6.07 Å². The monoisotopic (exact) mass is 436 g/mol. The topological polar surface area (TPSA) is 85.8 Å². The van der Waals surface area contributed by atoms with Crippen LogP contribution in [0.25, 0.3) is 0 Å². The summed E-state index contributed by atoms with van der Waals surface area (Å²) in [4.78, 5) is 17.4. The van der Waals surface area contributed by atoms with Gasteiger partial charge in [-0.2, -0.15) is 0 Å². The average molecular weight is 437 g/mol. The van der Waals surface area contributed by atoms with E-state index in [-0.39, 0.29) is 5.91 Å². The molecular formula is C21H29ClN4O2S. The van der Waals surface area contributed by atoms with Crippen LogP contribution in [0, 0.1) is 0 Å². The number of carbonyl (C=O) groups is 1. The zero-order valence-electron chi connectivity index (χ0n) is 16.9. The van der Waals surface area contributed by atoms with Crippen LogP contribution in [0.1, 0.15) is 53.6 Å². The second-order valence-electron chi connectivity index (χ2n) is 6.54. The summed E-state index contributed by atoms with van der Waals surface area (Å²) in [5, 5.41) is 19.5. The van der Waals surface area contributed by atoms with Crippen molar-refractivity contribution in [3.05, 3.63) is 56.7 Å². The minimum Gasteiger partial charge on any atom is -0.386 e. The van der Waals surface area contributed by atoms with Crippen molar-refractivity contribution in [2.75, 3.05) is 19.6 Å². The van der Waals surface area contributed by atoms with E-state index >= 15 is 0 Å². The molecule has 0 spiro atoms. The molecule has 0 aliphatic rings. The van der Waals surface area contributed by atoms with Gasteiger partial charge in [0.2, 0.25) is 0 Å². The highest BCUT2D eigenvalue weighted by atomic mass is 35.5. The molecular weight excluding hydrogens is 408 g/mol. The summed E-state index contributed by atoms with van der Waals surface area (Å²) in [6.45, 7) is 6.29. The molecule has 8 heteroatoms. The van der Waals surface area contributed by atoms with Crippen molar-refractivity contribution < 1.29 is 9.90 Å². The molecule has 0 saturated carbocycles. The highest BCUT2D eigenvalue weighted by Gasteiger charge is 2.11. The number of halogens is 1. The molecule has 0 aliphatic carbocycles. The molecule has 0 saturated heterocycles. The number of benzene rings is 1. The van der Waals surface area contributed by atoms with Crippen LogP contribution in [0.4, 0.5) is 0 Å². The second kappa shape index (κ2) is 12.5. The number of rotatable bonds is 10. The molecule has 29 heavy (non-hydrogen) atoms. The highest BCUT2D eigenvalue weighted by Crippen LogP contribution is 2.26. The predicted molar refractivity (Wildman–Crippen MR) is 121 cm³/mol. The van der Waals surface area contributed by atoms with Crippen LogP contribution in [0.2, 0.25) is 4.34 Å². The van der Waals surface area contributed by atoms with Gasteiger partial charge < -0.3 is 21.1 Å². The Balaban J connectivity index is 1.89. The van der Waals surface area contributed by atoms with Crippen LogP contribution < -0.4 is 16.0 Å². The Labute approximate surface area is 181 Å². The largest absolute Gasteiger partial charge is 0.386 e. The van der Waals surface area contributed by atoms with Crippen LogP contribution in [-0.4, -0.2) is 36.6 Å². The van der Waals surface area contributed by atoms with Crippen molar-refractivity contribution in [1.29, 1.82) is 0 Å². The molecule has 0 fully saturated rings. The van der Waals surface area contributed by atoms with E-state index in [9.17, 15) is 9.90 Å². The molecule has 2 rings (SSSR count). The van der Waals surface area contributed by atoms with Crippen LogP contribution >= 0.6 is 22.9 Å². The van der Waals surface area contributed by atoms with Gasteiger partial charge in [-0.15, -0.1) is 11.3 Å². The maximum atomic E-state index is 12.1. The van der Waals surface area contributed by atoms with E-state index in [0.717, 1.165) is 23.3 Å². The molecule has 1 heterocycles. The minimum atomic E-state index is -0.651. The predicted octanol–water partition coefficient (Wildman–Crippen LogP) is 3.72. The quantitative estimate of drug-likeness (QED) is 0.260. The first-order valence-corrected chi connectivity index (χ1v) is 11.1. The molecule has 0 bridgehead atoms. The third-order valence-electron chi connectivity index (χ3n) is 4.18.